The normalized spacial score (nSPS) is 13.7. The van der Waals surface area contributed by atoms with Gasteiger partial charge < -0.3 is 10.1 Å². The molecule has 0 atom stereocenters. The number of carbonyl (C=O) groups is 1. The van der Waals surface area contributed by atoms with Gasteiger partial charge in [0.05, 0.1) is 28.5 Å². The zero-order chi connectivity index (χ0) is 22.8. The molecule has 11 heteroatoms. The maximum absolute atomic E-state index is 13.0. The van der Waals surface area contributed by atoms with E-state index in [2.05, 4.69) is 10.0 Å². The molecular weight excluding hydrogens is 442 g/mol. The minimum absolute atomic E-state index is 0.0183. The zero-order valence-corrected chi connectivity index (χ0v) is 19.1. The highest BCUT2D eigenvalue weighted by atomic mass is 32.2. The number of nitrogens with one attached hydrogen (secondary N) is 2. The van der Waals surface area contributed by atoms with Gasteiger partial charge in [-0.1, -0.05) is 13.8 Å². The van der Waals surface area contributed by atoms with Crippen molar-refractivity contribution in [2.24, 2.45) is 0 Å². The lowest BCUT2D eigenvalue weighted by atomic mass is 10.2. The van der Waals surface area contributed by atoms with Gasteiger partial charge in [0.25, 0.3) is 10.0 Å². The Morgan fingerprint density at radius 2 is 1.68 bits per heavy atom. The molecule has 168 valence electrons. The van der Waals surface area contributed by atoms with Crippen molar-refractivity contribution < 1.29 is 26.4 Å². The van der Waals surface area contributed by atoms with Gasteiger partial charge in [-0.3, -0.25) is 9.52 Å². The van der Waals surface area contributed by atoms with Crippen molar-refractivity contribution in [3.8, 4) is 5.75 Å². The number of fused-ring (bicyclic) bond motifs is 1. The monoisotopic (exact) mass is 467 g/mol. The molecule has 0 unspecified atom stereocenters. The first-order chi connectivity index (χ1) is 14.6. The van der Waals surface area contributed by atoms with Crippen LogP contribution in [0.15, 0.2) is 46.2 Å². The van der Waals surface area contributed by atoms with Crippen LogP contribution in [0.4, 0.5) is 11.4 Å². The van der Waals surface area contributed by atoms with E-state index in [1.807, 2.05) is 0 Å². The fourth-order valence-corrected chi connectivity index (χ4v) is 5.92. The highest BCUT2D eigenvalue weighted by Gasteiger charge is 2.26. The van der Waals surface area contributed by atoms with Crippen LogP contribution in [-0.2, 0) is 31.3 Å². The molecule has 9 nitrogen and oxygen atoms in total. The smallest absolute Gasteiger partial charge is 0.262 e. The van der Waals surface area contributed by atoms with Gasteiger partial charge in [0.2, 0.25) is 15.9 Å². The second kappa shape index (κ2) is 8.85. The molecule has 0 saturated carbocycles. The summed E-state index contributed by atoms with van der Waals surface area (Å²) in [5.74, 6) is 0.00743. The first kappa shape index (κ1) is 23.0. The Morgan fingerprint density at radius 3 is 2.32 bits per heavy atom. The van der Waals surface area contributed by atoms with E-state index >= 15 is 0 Å². The predicted molar refractivity (Wildman–Crippen MR) is 117 cm³/mol. The lowest BCUT2D eigenvalue weighted by molar-refractivity contribution is -0.115. The van der Waals surface area contributed by atoms with Crippen LogP contribution in [0.3, 0.4) is 0 Å². The summed E-state index contributed by atoms with van der Waals surface area (Å²) in [4.78, 5) is 11.5. The molecule has 2 aromatic carbocycles. The molecule has 1 aliphatic rings. The fraction of sp³-hybridized carbons (Fsp3) is 0.350. The SMILES string of the molecule is CCOc1ccc(S(=O)(=O)N(CC)CC)cc1NS(=O)(=O)c1ccc2c(c1)CC(=O)N2. The molecule has 0 spiro atoms. The molecule has 1 heterocycles. The number of ether oxygens (including phenoxy) is 1. The number of carbonyl (C=O) groups excluding carboxylic acids is 1. The maximum atomic E-state index is 13.0. The summed E-state index contributed by atoms with van der Waals surface area (Å²) < 4.78 is 61.0. The van der Waals surface area contributed by atoms with E-state index in [1.54, 1.807) is 20.8 Å². The number of benzene rings is 2. The van der Waals surface area contributed by atoms with Crippen molar-refractivity contribution in [3.63, 3.8) is 0 Å². The van der Waals surface area contributed by atoms with Crippen molar-refractivity contribution in [1.82, 2.24) is 4.31 Å². The number of hydrogen-bond acceptors (Lipinski definition) is 6. The maximum Gasteiger partial charge on any atom is 0.262 e. The zero-order valence-electron chi connectivity index (χ0n) is 17.5. The molecule has 31 heavy (non-hydrogen) atoms. The third-order valence-corrected chi connectivity index (χ3v) is 8.26. The van der Waals surface area contributed by atoms with Crippen LogP contribution in [0.1, 0.15) is 26.3 Å². The number of sulfonamides is 2. The predicted octanol–water partition coefficient (Wildman–Crippen LogP) is 2.41. The minimum Gasteiger partial charge on any atom is -0.492 e. The van der Waals surface area contributed by atoms with Gasteiger partial charge in [-0.15, -0.1) is 0 Å². The molecule has 0 radical (unpaired) electrons. The van der Waals surface area contributed by atoms with E-state index in [1.165, 1.54) is 40.7 Å². The minimum atomic E-state index is -4.06. The Kier molecular flexibility index (Phi) is 6.58. The Balaban J connectivity index is 2.01. The number of hydrogen-bond donors (Lipinski definition) is 2. The van der Waals surface area contributed by atoms with Gasteiger partial charge in [0.1, 0.15) is 5.75 Å². The molecule has 1 amide bonds. The van der Waals surface area contributed by atoms with E-state index in [9.17, 15) is 21.6 Å². The first-order valence-electron chi connectivity index (χ1n) is 9.85. The van der Waals surface area contributed by atoms with E-state index in [0.29, 0.717) is 11.3 Å². The number of anilines is 2. The van der Waals surface area contributed by atoms with Crippen molar-refractivity contribution in [1.29, 1.82) is 0 Å². The summed E-state index contributed by atoms with van der Waals surface area (Å²) in [5, 5.41) is 2.65. The lowest BCUT2D eigenvalue weighted by Crippen LogP contribution is -2.30. The van der Waals surface area contributed by atoms with Gasteiger partial charge in [0.15, 0.2) is 0 Å². The number of nitrogens with zero attached hydrogens (tertiary/aromatic N) is 1. The largest absolute Gasteiger partial charge is 0.492 e. The van der Waals surface area contributed by atoms with Gasteiger partial charge in [-0.25, -0.2) is 16.8 Å². The molecule has 0 aromatic heterocycles. The second-order valence-electron chi connectivity index (χ2n) is 6.83. The lowest BCUT2D eigenvalue weighted by Gasteiger charge is -2.20. The first-order valence-corrected chi connectivity index (χ1v) is 12.8. The van der Waals surface area contributed by atoms with Crippen molar-refractivity contribution >= 4 is 37.3 Å². The summed E-state index contributed by atoms with van der Waals surface area (Å²) in [7, 11) is -7.86. The van der Waals surface area contributed by atoms with Crippen molar-refractivity contribution in [3.05, 3.63) is 42.0 Å². The molecule has 3 rings (SSSR count). The quantitative estimate of drug-likeness (QED) is 0.584. The van der Waals surface area contributed by atoms with Gasteiger partial charge in [-0.2, -0.15) is 4.31 Å². The van der Waals surface area contributed by atoms with E-state index in [4.69, 9.17) is 4.74 Å². The summed E-state index contributed by atoms with van der Waals surface area (Å²) in [6.07, 6.45) is 0.0977. The molecule has 0 bridgehead atoms. The molecule has 1 aliphatic heterocycles. The Morgan fingerprint density at radius 1 is 1.00 bits per heavy atom. The van der Waals surface area contributed by atoms with Crippen LogP contribution in [0.2, 0.25) is 0 Å². The summed E-state index contributed by atoms with van der Waals surface area (Å²) >= 11 is 0. The van der Waals surface area contributed by atoms with Gasteiger partial charge in [0, 0.05) is 18.8 Å². The van der Waals surface area contributed by atoms with Crippen LogP contribution >= 0.6 is 0 Å². The van der Waals surface area contributed by atoms with Crippen LogP contribution in [0, 0.1) is 0 Å². The van der Waals surface area contributed by atoms with Crippen LogP contribution in [0.5, 0.6) is 5.75 Å². The Labute approximate surface area is 182 Å². The van der Waals surface area contributed by atoms with Crippen molar-refractivity contribution in [2.75, 3.05) is 29.7 Å². The van der Waals surface area contributed by atoms with E-state index in [0.717, 1.165) is 0 Å². The summed E-state index contributed by atoms with van der Waals surface area (Å²) in [6, 6.07) is 8.41. The third-order valence-electron chi connectivity index (χ3n) is 4.85. The molecular formula is C20H25N3O6S2. The highest BCUT2D eigenvalue weighted by molar-refractivity contribution is 7.92. The van der Waals surface area contributed by atoms with E-state index < -0.39 is 20.0 Å². The third kappa shape index (κ3) is 4.68. The molecule has 0 fully saturated rings. The van der Waals surface area contributed by atoms with Crippen LogP contribution in [0.25, 0.3) is 0 Å². The summed E-state index contributed by atoms with van der Waals surface area (Å²) in [5.41, 5.74) is 1.17. The fourth-order valence-electron chi connectivity index (χ4n) is 3.32. The topological polar surface area (TPSA) is 122 Å². The molecule has 0 aliphatic carbocycles. The highest BCUT2D eigenvalue weighted by Crippen LogP contribution is 2.32. The average molecular weight is 468 g/mol. The Hall–Kier alpha value is -2.63. The van der Waals surface area contributed by atoms with Crippen molar-refractivity contribution in [2.45, 2.75) is 37.0 Å². The van der Waals surface area contributed by atoms with E-state index in [-0.39, 0.29) is 53.3 Å². The number of amides is 1. The Bertz CT molecular complexity index is 1210. The molecule has 2 aromatic rings. The standard InChI is InChI=1S/C20H25N3O6S2/c1-4-23(5-2)31(27,28)16-8-10-19(29-6-3)18(13-16)22-30(25,26)15-7-9-17-14(11-15)12-20(24)21-17/h7-11,13,22H,4-6,12H2,1-3H3,(H,21,24). The summed E-state index contributed by atoms with van der Waals surface area (Å²) in [6.45, 7) is 6.04. The van der Waals surface area contributed by atoms with Gasteiger partial charge >= 0.3 is 0 Å². The second-order valence-corrected chi connectivity index (χ2v) is 10.5. The number of rotatable bonds is 9. The molecule has 0 saturated heterocycles. The van der Waals surface area contributed by atoms with Gasteiger partial charge in [-0.05, 0) is 48.9 Å². The van der Waals surface area contributed by atoms with Crippen LogP contribution in [-0.4, -0.2) is 46.7 Å². The van der Waals surface area contributed by atoms with Crippen LogP contribution < -0.4 is 14.8 Å². The average Bonchev–Trinajstić information content (AvgIpc) is 3.09. The molecule has 2 N–H and O–H groups in total.